The molecule has 0 unspecified atom stereocenters. The number of hydrogen-bond donors (Lipinski definition) is 0. The van der Waals surface area contributed by atoms with Gasteiger partial charge in [-0.2, -0.15) is 0 Å². The summed E-state index contributed by atoms with van der Waals surface area (Å²) in [6.45, 7) is 0. The van der Waals surface area contributed by atoms with Gasteiger partial charge < -0.3 is 4.42 Å². The minimum atomic E-state index is 1.21. The molecule has 0 atom stereocenters. The molecule has 2 rings (SSSR count). The Morgan fingerprint density at radius 1 is 0.909 bits per heavy atom. The molecule has 2 aromatic rings. The number of benzene rings is 1. The summed E-state index contributed by atoms with van der Waals surface area (Å²) in [5.74, 6) is 0. The van der Waals surface area contributed by atoms with Gasteiger partial charge in [-0.25, -0.2) is 0 Å². The van der Waals surface area contributed by atoms with Crippen LogP contribution in [0.4, 0.5) is 0 Å². The van der Waals surface area contributed by atoms with Crippen LogP contribution in [0.25, 0.3) is 10.8 Å². The molecule has 0 saturated carbocycles. The lowest BCUT2D eigenvalue weighted by atomic mass is 10.2. The SMILES string of the molecule is Ic1ccc(I)c2cocc12. The standard InChI is InChI=1S/C8H4I2O/c9-7-1-2-8(10)6-4-11-3-5(6)7/h1-4H. The van der Waals surface area contributed by atoms with Gasteiger partial charge in [-0.3, -0.25) is 0 Å². The van der Waals surface area contributed by atoms with Gasteiger partial charge in [-0.1, -0.05) is 0 Å². The first-order valence-electron chi connectivity index (χ1n) is 3.09. The van der Waals surface area contributed by atoms with E-state index in [4.69, 9.17) is 4.42 Å². The Morgan fingerprint density at radius 3 is 1.82 bits per heavy atom. The fourth-order valence-electron chi connectivity index (χ4n) is 0.993. The third-order valence-corrected chi connectivity index (χ3v) is 3.43. The van der Waals surface area contributed by atoms with Gasteiger partial charge in [0.05, 0.1) is 12.5 Å². The van der Waals surface area contributed by atoms with Crippen molar-refractivity contribution in [2.45, 2.75) is 0 Å². The zero-order valence-electron chi connectivity index (χ0n) is 5.47. The molecule has 11 heavy (non-hydrogen) atoms. The molecule has 1 aromatic heterocycles. The van der Waals surface area contributed by atoms with Crippen molar-refractivity contribution in [1.29, 1.82) is 0 Å². The highest BCUT2D eigenvalue weighted by atomic mass is 127. The number of rotatable bonds is 0. The molecule has 0 radical (unpaired) electrons. The van der Waals surface area contributed by atoms with Crippen LogP contribution >= 0.6 is 45.2 Å². The predicted octanol–water partition coefficient (Wildman–Crippen LogP) is 3.64. The normalized spacial score (nSPS) is 10.7. The van der Waals surface area contributed by atoms with Crippen molar-refractivity contribution in [3.63, 3.8) is 0 Å². The second-order valence-corrected chi connectivity index (χ2v) is 4.55. The fourth-order valence-corrected chi connectivity index (χ4v) is 2.19. The summed E-state index contributed by atoms with van der Waals surface area (Å²) in [5.41, 5.74) is 0. The Kier molecular flexibility index (Phi) is 2.09. The maximum absolute atomic E-state index is 5.12. The van der Waals surface area contributed by atoms with Crippen molar-refractivity contribution >= 4 is 56.0 Å². The second kappa shape index (κ2) is 2.93. The van der Waals surface area contributed by atoms with Crippen molar-refractivity contribution in [2.24, 2.45) is 0 Å². The Hall–Kier alpha value is 0.220. The average Bonchev–Trinajstić information content (AvgIpc) is 2.45. The molecule has 1 heterocycles. The zero-order chi connectivity index (χ0) is 7.84. The third-order valence-electron chi connectivity index (χ3n) is 1.55. The van der Waals surface area contributed by atoms with Gasteiger partial charge >= 0.3 is 0 Å². The number of hydrogen-bond acceptors (Lipinski definition) is 1. The summed E-state index contributed by atoms with van der Waals surface area (Å²) in [6, 6.07) is 4.19. The van der Waals surface area contributed by atoms with E-state index < -0.39 is 0 Å². The van der Waals surface area contributed by atoms with Gasteiger partial charge in [0, 0.05) is 17.9 Å². The molecule has 0 aliphatic heterocycles. The van der Waals surface area contributed by atoms with Crippen LogP contribution in [-0.4, -0.2) is 0 Å². The molecule has 0 amide bonds. The van der Waals surface area contributed by atoms with Gasteiger partial charge in [0.1, 0.15) is 0 Å². The van der Waals surface area contributed by atoms with Crippen LogP contribution in [-0.2, 0) is 0 Å². The fraction of sp³-hybridized carbons (Fsp3) is 0. The largest absolute Gasteiger partial charge is 0.471 e. The van der Waals surface area contributed by atoms with E-state index in [1.165, 1.54) is 17.9 Å². The lowest BCUT2D eigenvalue weighted by Crippen LogP contribution is -1.75. The van der Waals surface area contributed by atoms with Gasteiger partial charge in [0.25, 0.3) is 0 Å². The van der Waals surface area contributed by atoms with Crippen molar-refractivity contribution in [1.82, 2.24) is 0 Å². The van der Waals surface area contributed by atoms with E-state index >= 15 is 0 Å². The topological polar surface area (TPSA) is 13.1 Å². The molecule has 0 aliphatic carbocycles. The van der Waals surface area contributed by atoms with E-state index in [2.05, 4.69) is 57.3 Å². The number of fused-ring (bicyclic) bond motifs is 1. The molecule has 0 N–H and O–H groups in total. The Morgan fingerprint density at radius 2 is 1.36 bits per heavy atom. The molecular formula is C8H4I2O. The maximum Gasteiger partial charge on any atom is 0.0992 e. The smallest absolute Gasteiger partial charge is 0.0992 e. The van der Waals surface area contributed by atoms with E-state index in [1.807, 2.05) is 0 Å². The minimum absolute atomic E-state index is 1.21. The molecule has 1 aromatic carbocycles. The summed E-state index contributed by atoms with van der Waals surface area (Å²) >= 11 is 4.62. The van der Waals surface area contributed by atoms with Gasteiger partial charge in [0.2, 0.25) is 0 Å². The van der Waals surface area contributed by atoms with Gasteiger partial charge in [0.15, 0.2) is 0 Å². The number of furan rings is 1. The number of halogens is 2. The lowest BCUT2D eigenvalue weighted by molar-refractivity contribution is 0.572. The average molecular weight is 370 g/mol. The highest BCUT2D eigenvalue weighted by Crippen LogP contribution is 2.25. The van der Waals surface area contributed by atoms with Gasteiger partial charge in [-0.15, -0.1) is 0 Å². The van der Waals surface area contributed by atoms with E-state index in [1.54, 1.807) is 12.5 Å². The molecule has 0 spiro atoms. The second-order valence-electron chi connectivity index (χ2n) is 2.23. The molecule has 3 heteroatoms. The maximum atomic E-state index is 5.12. The van der Waals surface area contributed by atoms with Crippen LogP contribution in [0.5, 0.6) is 0 Å². The molecule has 0 saturated heterocycles. The van der Waals surface area contributed by atoms with E-state index in [-0.39, 0.29) is 0 Å². The molecular weight excluding hydrogens is 366 g/mol. The highest BCUT2D eigenvalue weighted by molar-refractivity contribution is 14.1. The van der Waals surface area contributed by atoms with Crippen LogP contribution < -0.4 is 0 Å². The minimum Gasteiger partial charge on any atom is -0.471 e. The van der Waals surface area contributed by atoms with E-state index in [9.17, 15) is 0 Å². The highest BCUT2D eigenvalue weighted by Gasteiger charge is 2.02. The third kappa shape index (κ3) is 1.28. The Labute approximate surface area is 91.4 Å². The Bertz CT molecular complexity index is 356. The summed E-state index contributed by atoms with van der Waals surface area (Å²) in [7, 11) is 0. The first kappa shape index (κ1) is 7.85. The first-order valence-corrected chi connectivity index (χ1v) is 5.24. The monoisotopic (exact) mass is 370 g/mol. The summed E-state index contributed by atoms with van der Waals surface area (Å²) in [4.78, 5) is 0. The summed E-state index contributed by atoms with van der Waals surface area (Å²) < 4.78 is 7.60. The van der Waals surface area contributed by atoms with Crippen molar-refractivity contribution in [2.75, 3.05) is 0 Å². The van der Waals surface area contributed by atoms with Crippen molar-refractivity contribution < 1.29 is 4.42 Å². The summed E-state index contributed by atoms with van der Waals surface area (Å²) in [5, 5.41) is 2.41. The van der Waals surface area contributed by atoms with E-state index in [0.29, 0.717) is 0 Å². The van der Waals surface area contributed by atoms with Gasteiger partial charge in [-0.05, 0) is 57.3 Å². The van der Waals surface area contributed by atoms with E-state index in [0.717, 1.165) is 0 Å². The van der Waals surface area contributed by atoms with Crippen molar-refractivity contribution in [3.8, 4) is 0 Å². The molecule has 0 fully saturated rings. The molecule has 0 bridgehead atoms. The molecule has 56 valence electrons. The van der Waals surface area contributed by atoms with Crippen LogP contribution in [0.1, 0.15) is 0 Å². The predicted molar refractivity (Wildman–Crippen MR) is 61.6 cm³/mol. The van der Waals surface area contributed by atoms with Crippen LogP contribution in [0.3, 0.4) is 0 Å². The quantitative estimate of drug-likeness (QED) is 0.646. The molecule has 1 nitrogen and oxygen atoms in total. The lowest BCUT2D eigenvalue weighted by Gasteiger charge is -1.93. The van der Waals surface area contributed by atoms with Crippen molar-refractivity contribution in [3.05, 3.63) is 31.8 Å². The first-order chi connectivity index (χ1) is 5.29. The zero-order valence-corrected chi connectivity index (χ0v) is 9.79. The van der Waals surface area contributed by atoms with Crippen LogP contribution in [0.2, 0.25) is 0 Å². The van der Waals surface area contributed by atoms with Crippen LogP contribution in [0.15, 0.2) is 29.1 Å². The van der Waals surface area contributed by atoms with Crippen LogP contribution in [0, 0.1) is 7.14 Å². The Balaban J connectivity index is 2.96. The molecule has 0 aliphatic rings. The summed E-state index contributed by atoms with van der Waals surface area (Å²) in [6.07, 6.45) is 3.58.